The Hall–Kier alpha value is -6.70. The summed E-state index contributed by atoms with van der Waals surface area (Å²) in [6.07, 6.45) is 0. The van der Waals surface area contributed by atoms with Gasteiger partial charge in [0.1, 0.15) is 11.2 Å². The second-order valence-electron chi connectivity index (χ2n) is 17.1. The quantitative estimate of drug-likeness (QED) is 0.165. The average Bonchev–Trinajstić information content (AvgIpc) is 3.82. The summed E-state index contributed by atoms with van der Waals surface area (Å²) >= 11 is 0. The van der Waals surface area contributed by atoms with Gasteiger partial charge in [0.05, 0.1) is 0 Å². The zero-order chi connectivity index (χ0) is 38.2. The molecule has 12 rings (SSSR count). The normalized spacial score (nSPS) is 14.6. The van der Waals surface area contributed by atoms with Crippen molar-refractivity contribution >= 4 is 43.5 Å². The third kappa shape index (κ3) is 4.29. The molecule has 1 heterocycles. The molecule has 0 spiro atoms. The van der Waals surface area contributed by atoms with Crippen molar-refractivity contribution in [2.45, 2.75) is 38.5 Å². The Morgan fingerprint density at radius 3 is 1.39 bits per heavy atom. The summed E-state index contributed by atoms with van der Waals surface area (Å²) in [5.41, 5.74) is 19.7. The Morgan fingerprint density at radius 1 is 0.351 bits per heavy atom. The molecular formula is C56H40O. The zero-order valence-electron chi connectivity index (χ0n) is 32.6. The lowest BCUT2D eigenvalue weighted by Gasteiger charge is -2.31. The van der Waals surface area contributed by atoms with Crippen LogP contribution >= 0.6 is 0 Å². The number of fused-ring (bicyclic) bond motifs is 14. The molecular weight excluding hydrogens is 689 g/mol. The summed E-state index contributed by atoms with van der Waals surface area (Å²) in [6, 6.07) is 62.6. The Bertz CT molecular complexity index is 3270. The molecule has 0 unspecified atom stereocenters. The number of hydrogen-bond donors (Lipinski definition) is 0. The minimum absolute atomic E-state index is 0.242. The van der Waals surface area contributed by atoms with Crippen LogP contribution in [0.25, 0.3) is 99.1 Å². The molecule has 0 aliphatic heterocycles. The molecule has 9 aromatic carbocycles. The standard InChI is InChI=1S/C56H40O/c1-55(2)44-31-35(33-17-7-5-8-18-33)27-29-41(44)49-50-43-25-15-16-26-46(43)57-54(50)51-42-30-28-36(32-45(42)56(3,4)53(51)52(49)55)48-39-23-13-11-21-37(39)47(34-19-9-6-10-20-34)38-22-12-14-24-40(38)48/h5-32H,1-4H3. The third-order valence-corrected chi connectivity index (χ3v) is 13.4. The summed E-state index contributed by atoms with van der Waals surface area (Å²) < 4.78 is 7.03. The highest BCUT2D eigenvalue weighted by molar-refractivity contribution is 6.23. The highest BCUT2D eigenvalue weighted by Gasteiger charge is 2.48. The van der Waals surface area contributed by atoms with E-state index in [1.165, 1.54) is 110 Å². The van der Waals surface area contributed by atoms with Crippen molar-refractivity contribution in [3.05, 3.63) is 192 Å². The van der Waals surface area contributed by atoms with Gasteiger partial charge in [0.25, 0.3) is 0 Å². The van der Waals surface area contributed by atoms with Crippen molar-refractivity contribution in [3.8, 4) is 55.6 Å². The maximum Gasteiger partial charge on any atom is 0.144 e. The Labute approximate surface area is 332 Å². The monoisotopic (exact) mass is 728 g/mol. The topological polar surface area (TPSA) is 13.1 Å². The van der Waals surface area contributed by atoms with Crippen LogP contribution in [0.5, 0.6) is 0 Å². The number of furan rings is 1. The van der Waals surface area contributed by atoms with Crippen LogP contribution in [0.2, 0.25) is 0 Å². The fourth-order valence-electron chi connectivity index (χ4n) is 10.9. The van der Waals surface area contributed by atoms with Gasteiger partial charge in [-0.1, -0.05) is 179 Å². The van der Waals surface area contributed by atoms with Gasteiger partial charge in [-0.25, -0.2) is 0 Å². The van der Waals surface area contributed by atoms with E-state index in [1.807, 2.05) is 0 Å². The first kappa shape index (κ1) is 32.5. The van der Waals surface area contributed by atoms with Crippen molar-refractivity contribution in [2.75, 3.05) is 0 Å². The predicted molar refractivity (Wildman–Crippen MR) is 240 cm³/mol. The van der Waals surface area contributed by atoms with E-state index in [4.69, 9.17) is 4.42 Å². The molecule has 0 radical (unpaired) electrons. The molecule has 1 nitrogen and oxygen atoms in total. The van der Waals surface area contributed by atoms with Gasteiger partial charge in [-0.2, -0.15) is 0 Å². The van der Waals surface area contributed by atoms with E-state index in [9.17, 15) is 0 Å². The molecule has 0 N–H and O–H groups in total. The highest BCUT2D eigenvalue weighted by atomic mass is 16.3. The van der Waals surface area contributed by atoms with Crippen molar-refractivity contribution in [2.24, 2.45) is 0 Å². The summed E-state index contributed by atoms with van der Waals surface area (Å²) in [4.78, 5) is 0. The fraction of sp³-hybridized carbons (Fsp3) is 0.107. The van der Waals surface area contributed by atoms with Crippen LogP contribution in [0.15, 0.2) is 174 Å². The SMILES string of the molecule is CC1(C)c2cc(-c3c4ccccc4c(-c4ccccc4)c4ccccc34)ccc2-c2c1c1c(c3c2oc2ccccc23)-c2ccc(-c3ccccc3)cc2C1(C)C. The van der Waals surface area contributed by atoms with Gasteiger partial charge in [-0.3, -0.25) is 0 Å². The minimum Gasteiger partial charge on any atom is -0.455 e. The van der Waals surface area contributed by atoms with E-state index in [2.05, 4.69) is 198 Å². The molecule has 1 aromatic heterocycles. The number of benzene rings is 9. The van der Waals surface area contributed by atoms with Crippen LogP contribution in [0.4, 0.5) is 0 Å². The second-order valence-corrected chi connectivity index (χ2v) is 17.1. The number of rotatable bonds is 3. The fourth-order valence-corrected chi connectivity index (χ4v) is 10.9. The summed E-state index contributed by atoms with van der Waals surface area (Å²) in [7, 11) is 0. The first-order valence-corrected chi connectivity index (χ1v) is 20.2. The van der Waals surface area contributed by atoms with Crippen LogP contribution < -0.4 is 0 Å². The van der Waals surface area contributed by atoms with E-state index >= 15 is 0 Å². The average molecular weight is 729 g/mol. The number of hydrogen-bond acceptors (Lipinski definition) is 1. The van der Waals surface area contributed by atoms with Crippen LogP contribution in [0.1, 0.15) is 49.9 Å². The Morgan fingerprint density at radius 2 is 0.789 bits per heavy atom. The van der Waals surface area contributed by atoms with Crippen molar-refractivity contribution in [1.82, 2.24) is 0 Å². The molecule has 0 amide bonds. The minimum atomic E-state index is -0.297. The van der Waals surface area contributed by atoms with Gasteiger partial charge >= 0.3 is 0 Å². The lowest BCUT2D eigenvalue weighted by molar-refractivity contribution is 0.600. The van der Waals surface area contributed by atoms with Crippen LogP contribution in [0, 0.1) is 0 Å². The van der Waals surface area contributed by atoms with E-state index in [0.717, 1.165) is 11.2 Å². The number of para-hydroxylation sites is 1. The van der Waals surface area contributed by atoms with Gasteiger partial charge in [0.15, 0.2) is 0 Å². The van der Waals surface area contributed by atoms with Crippen molar-refractivity contribution in [1.29, 1.82) is 0 Å². The lowest BCUT2D eigenvalue weighted by atomic mass is 9.71. The van der Waals surface area contributed by atoms with Gasteiger partial charge < -0.3 is 4.42 Å². The molecule has 57 heavy (non-hydrogen) atoms. The second kappa shape index (κ2) is 11.4. The van der Waals surface area contributed by atoms with Gasteiger partial charge in [-0.15, -0.1) is 0 Å². The molecule has 2 aliphatic carbocycles. The van der Waals surface area contributed by atoms with Gasteiger partial charge in [0, 0.05) is 27.2 Å². The van der Waals surface area contributed by atoms with Crippen LogP contribution in [-0.4, -0.2) is 0 Å². The summed E-state index contributed by atoms with van der Waals surface area (Å²) in [5.74, 6) is 0. The van der Waals surface area contributed by atoms with E-state index in [0.29, 0.717) is 0 Å². The van der Waals surface area contributed by atoms with Crippen molar-refractivity contribution < 1.29 is 4.42 Å². The molecule has 270 valence electrons. The van der Waals surface area contributed by atoms with Gasteiger partial charge in [-0.05, 0) is 112 Å². The molecule has 1 heteroatoms. The van der Waals surface area contributed by atoms with E-state index in [-0.39, 0.29) is 10.8 Å². The predicted octanol–water partition coefficient (Wildman–Crippen LogP) is 15.5. The first-order chi connectivity index (χ1) is 27.8. The van der Waals surface area contributed by atoms with Crippen LogP contribution in [-0.2, 0) is 10.8 Å². The Kier molecular flexibility index (Phi) is 6.53. The maximum absolute atomic E-state index is 7.03. The van der Waals surface area contributed by atoms with E-state index in [1.54, 1.807) is 0 Å². The third-order valence-electron chi connectivity index (χ3n) is 13.4. The largest absolute Gasteiger partial charge is 0.455 e. The highest BCUT2D eigenvalue weighted by Crippen LogP contribution is 2.63. The molecule has 10 aromatic rings. The Balaban J connectivity index is 1.14. The molecule has 0 fully saturated rings. The lowest BCUT2D eigenvalue weighted by Crippen LogP contribution is -2.24. The van der Waals surface area contributed by atoms with Crippen molar-refractivity contribution in [3.63, 3.8) is 0 Å². The van der Waals surface area contributed by atoms with Gasteiger partial charge in [0.2, 0.25) is 0 Å². The molecule has 0 bridgehead atoms. The summed E-state index contributed by atoms with van der Waals surface area (Å²) in [6.45, 7) is 9.77. The molecule has 0 atom stereocenters. The smallest absolute Gasteiger partial charge is 0.144 e. The summed E-state index contributed by atoms with van der Waals surface area (Å²) in [5, 5.41) is 7.51. The molecule has 0 saturated heterocycles. The molecule has 2 aliphatic rings. The van der Waals surface area contributed by atoms with E-state index < -0.39 is 0 Å². The maximum atomic E-state index is 7.03. The van der Waals surface area contributed by atoms with Crippen LogP contribution in [0.3, 0.4) is 0 Å². The zero-order valence-corrected chi connectivity index (χ0v) is 32.6. The first-order valence-electron chi connectivity index (χ1n) is 20.2. The molecule has 0 saturated carbocycles.